The maximum atomic E-state index is 3.99. The van der Waals surface area contributed by atoms with Crippen molar-refractivity contribution in [2.45, 2.75) is 4.90 Å². The molecule has 0 amide bonds. The van der Waals surface area contributed by atoms with Gasteiger partial charge in [-0.2, -0.15) is 0 Å². The summed E-state index contributed by atoms with van der Waals surface area (Å²) >= 11 is 1.46. The number of hydrogen-bond acceptors (Lipinski definition) is 2. The van der Waals surface area contributed by atoms with Crippen molar-refractivity contribution in [2.24, 2.45) is 4.40 Å². The quantitative estimate of drug-likeness (QED) is 0.531. The zero-order valence-corrected chi connectivity index (χ0v) is 6.64. The third-order valence-electron chi connectivity index (χ3n) is 1.45. The zero-order valence-electron chi connectivity index (χ0n) is 5.82. The molecule has 0 bridgehead atoms. The lowest BCUT2D eigenvalue weighted by Gasteiger charge is -1.97. The Morgan fingerprint density at radius 3 is 3.18 bits per heavy atom. The van der Waals surface area contributed by atoms with Crippen molar-refractivity contribution < 1.29 is 0 Å². The van der Waals surface area contributed by atoms with Crippen LogP contribution in [0.5, 0.6) is 0 Å². The molecule has 0 saturated carbocycles. The fraction of sp³-hybridized carbons (Fsp3) is 0. The highest BCUT2D eigenvalue weighted by molar-refractivity contribution is 7.98. The monoisotopic (exact) mass is 160 g/mol. The second-order valence-corrected chi connectivity index (χ2v) is 2.99. The molecular weight excluding hydrogens is 154 g/mol. The van der Waals surface area contributed by atoms with Gasteiger partial charge in [-0.05, 0) is 17.7 Å². The predicted octanol–water partition coefficient (Wildman–Crippen LogP) is 2.67. The number of hydrogen-bond donors (Lipinski definition) is 0. The lowest BCUT2D eigenvalue weighted by atomic mass is 10.2. The van der Waals surface area contributed by atoms with Gasteiger partial charge in [0.1, 0.15) is 0 Å². The summed E-state index contributed by atoms with van der Waals surface area (Å²) in [5, 5.41) is 0. The lowest BCUT2D eigenvalue weighted by Crippen LogP contribution is -1.73. The molecule has 1 aromatic rings. The van der Waals surface area contributed by atoms with Crippen LogP contribution in [0, 0.1) is 0 Å². The molecule has 1 radical (unpaired) electrons. The van der Waals surface area contributed by atoms with Crippen LogP contribution in [-0.2, 0) is 0 Å². The Kier molecular flexibility index (Phi) is 1.78. The van der Waals surface area contributed by atoms with Crippen LogP contribution < -0.4 is 0 Å². The third-order valence-corrected chi connectivity index (χ3v) is 2.22. The zero-order chi connectivity index (χ0) is 7.52. The fourth-order valence-electron chi connectivity index (χ4n) is 0.934. The Balaban J connectivity index is 2.52. The van der Waals surface area contributed by atoms with Gasteiger partial charge in [0, 0.05) is 16.8 Å². The molecule has 0 N–H and O–H groups in total. The van der Waals surface area contributed by atoms with E-state index in [0.29, 0.717) is 0 Å². The van der Waals surface area contributed by atoms with Gasteiger partial charge in [0.15, 0.2) is 0 Å². The topological polar surface area (TPSA) is 12.4 Å². The van der Waals surface area contributed by atoms with Crippen molar-refractivity contribution in [3.8, 4) is 0 Å². The SMILES string of the molecule is [C]1=NSc2ccccc2C=C1. The van der Waals surface area contributed by atoms with E-state index in [9.17, 15) is 0 Å². The van der Waals surface area contributed by atoms with E-state index in [2.05, 4.69) is 22.7 Å². The van der Waals surface area contributed by atoms with Gasteiger partial charge in [0.25, 0.3) is 0 Å². The Morgan fingerprint density at radius 1 is 1.27 bits per heavy atom. The van der Waals surface area contributed by atoms with Gasteiger partial charge in [0.05, 0.1) is 6.21 Å². The van der Waals surface area contributed by atoms with Gasteiger partial charge >= 0.3 is 0 Å². The van der Waals surface area contributed by atoms with E-state index < -0.39 is 0 Å². The van der Waals surface area contributed by atoms with Gasteiger partial charge in [-0.3, -0.25) is 0 Å². The van der Waals surface area contributed by atoms with Crippen LogP contribution in [0.3, 0.4) is 0 Å². The minimum atomic E-state index is 1.19. The number of rotatable bonds is 0. The van der Waals surface area contributed by atoms with E-state index in [0.717, 1.165) is 0 Å². The van der Waals surface area contributed by atoms with Crippen LogP contribution in [-0.4, -0.2) is 6.21 Å². The first-order valence-corrected chi connectivity index (χ1v) is 4.12. The molecule has 0 spiro atoms. The predicted molar refractivity (Wildman–Crippen MR) is 48.8 cm³/mol. The van der Waals surface area contributed by atoms with E-state index in [1.54, 1.807) is 0 Å². The maximum absolute atomic E-state index is 3.99. The molecule has 1 aliphatic rings. The van der Waals surface area contributed by atoms with Crippen LogP contribution in [0.4, 0.5) is 0 Å². The van der Waals surface area contributed by atoms with E-state index in [1.165, 1.54) is 22.4 Å². The van der Waals surface area contributed by atoms with Crippen LogP contribution in [0.1, 0.15) is 5.56 Å². The average molecular weight is 160 g/mol. The van der Waals surface area contributed by atoms with Crippen LogP contribution >= 0.6 is 11.9 Å². The fourth-order valence-corrected chi connectivity index (χ4v) is 1.53. The van der Waals surface area contributed by atoms with Crippen LogP contribution in [0.2, 0.25) is 0 Å². The van der Waals surface area contributed by atoms with E-state index in [4.69, 9.17) is 0 Å². The number of nitrogens with zero attached hydrogens (tertiary/aromatic N) is 1. The third kappa shape index (κ3) is 1.35. The summed E-state index contributed by atoms with van der Waals surface area (Å²) < 4.78 is 3.99. The first-order chi connectivity index (χ1) is 5.47. The molecule has 53 valence electrons. The van der Waals surface area contributed by atoms with Crippen molar-refractivity contribution in [1.82, 2.24) is 0 Å². The molecule has 0 atom stereocenters. The molecule has 1 aliphatic heterocycles. The largest absolute Gasteiger partial charge is 0.209 e. The second kappa shape index (κ2) is 2.93. The molecule has 11 heavy (non-hydrogen) atoms. The molecule has 1 nitrogen and oxygen atoms in total. The number of fused-ring (bicyclic) bond motifs is 1. The molecule has 0 saturated heterocycles. The molecule has 0 unspecified atom stereocenters. The van der Waals surface area contributed by atoms with E-state index in [1.807, 2.05) is 24.3 Å². The van der Waals surface area contributed by atoms with Crippen molar-refractivity contribution in [3.05, 3.63) is 35.9 Å². The Labute approximate surface area is 70.0 Å². The minimum Gasteiger partial charge on any atom is -0.209 e. The molecule has 2 rings (SSSR count). The van der Waals surface area contributed by atoms with E-state index in [-0.39, 0.29) is 0 Å². The lowest BCUT2D eigenvalue weighted by molar-refractivity contribution is 1.43. The van der Waals surface area contributed by atoms with Crippen LogP contribution in [0.15, 0.2) is 39.6 Å². The maximum Gasteiger partial charge on any atom is 0.0980 e. The first-order valence-electron chi connectivity index (χ1n) is 3.35. The summed E-state index contributed by atoms with van der Waals surface area (Å²) in [4.78, 5) is 1.19. The standard InChI is InChI=1S/C9H6NS/c1-2-6-9-8(4-1)5-3-7-10-11-9/h1-6H. The van der Waals surface area contributed by atoms with Gasteiger partial charge in [-0.1, -0.05) is 24.3 Å². The van der Waals surface area contributed by atoms with Gasteiger partial charge in [0.2, 0.25) is 0 Å². The summed E-state index contributed by atoms with van der Waals surface area (Å²) in [6, 6.07) is 8.16. The second-order valence-electron chi connectivity index (χ2n) is 2.18. The summed E-state index contributed by atoms with van der Waals surface area (Å²) in [5.41, 5.74) is 1.21. The van der Waals surface area contributed by atoms with Crippen LogP contribution in [0.25, 0.3) is 6.08 Å². The van der Waals surface area contributed by atoms with Gasteiger partial charge < -0.3 is 0 Å². The highest BCUT2D eigenvalue weighted by atomic mass is 32.2. The van der Waals surface area contributed by atoms with Gasteiger partial charge in [-0.15, -0.1) is 0 Å². The summed E-state index contributed by atoms with van der Waals surface area (Å²) in [6.07, 6.45) is 6.65. The van der Waals surface area contributed by atoms with Gasteiger partial charge in [-0.25, -0.2) is 4.40 Å². The normalized spacial score (nSPS) is 14.2. The van der Waals surface area contributed by atoms with Crippen molar-refractivity contribution in [1.29, 1.82) is 0 Å². The van der Waals surface area contributed by atoms with Crippen molar-refractivity contribution >= 4 is 24.2 Å². The number of benzene rings is 1. The highest BCUT2D eigenvalue weighted by Crippen LogP contribution is 2.25. The molecule has 0 aliphatic carbocycles. The summed E-state index contributed by atoms with van der Waals surface area (Å²) in [6.45, 7) is 0. The average Bonchev–Trinajstić information content (AvgIpc) is 2.28. The summed E-state index contributed by atoms with van der Waals surface area (Å²) in [7, 11) is 0. The summed E-state index contributed by atoms with van der Waals surface area (Å²) in [5.74, 6) is 0. The van der Waals surface area contributed by atoms with Crippen molar-refractivity contribution in [3.63, 3.8) is 0 Å². The van der Waals surface area contributed by atoms with Crippen molar-refractivity contribution in [2.75, 3.05) is 0 Å². The molecule has 0 fully saturated rings. The Bertz CT molecular complexity index is 315. The molecule has 2 heteroatoms. The first kappa shape index (κ1) is 6.68. The Hall–Kier alpha value is -1.02. The highest BCUT2D eigenvalue weighted by Gasteiger charge is 1.98. The molecule has 1 heterocycles. The molecular formula is C9H6NS. The Morgan fingerprint density at radius 2 is 2.18 bits per heavy atom. The smallest absolute Gasteiger partial charge is 0.0980 e. The minimum absolute atomic E-state index is 1.19. The molecule has 1 aromatic carbocycles. The number of allylic oxidation sites excluding steroid dienone is 1. The molecule has 0 aromatic heterocycles. The van der Waals surface area contributed by atoms with E-state index >= 15 is 0 Å².